The zero-order chi connectivity index (χ0) is 29.4. The van der Waals surface area contributed by atoms with Crippen molar-refractivity contribution in [2.75, 3.05) is 12.3 Å². The molecule has 13 heteroatoms. The number of nitrogens with one attached hydrogen (secondary N) is 3. The Bertz CT molecular complexity index is 1300. The fraction of sp³-hybridized carbons (Fsp3) is 0.750. The number of thioether (sulfide) groups is 1. The molecular weight excluding hydrogens is 546 g/mol. The lowest BCUT2D eigenvalue weighted by Crippen LogP contribution is -2.40. The van der Waals surface area contributed by atoms with E-state index in [1.165, 1.54) is 4.57 Å². The molecule has 2 aromatic heterocycles. The van der Waals surface area contributed by atoms with E-state index in [4.69, 9.17) is 0 Å². The molecule has 0 aliphatic carbocycles. The highest BCUT2D eigenvalue weighted by atomic mass is 32.2. The fourth-order valence-corrected chi connectivity index (χ4v) is 7.30. The number of imidazole rings is 1. The van der Waals surface area contributed by atoms with Crippen molar-refractivity contribution in [2.24, 2.45) is 7.05 Å². The summed E-state index contributed by atoms with van der Waals surface area (Å²) in [7, 11) is 1.76. The number of aliphatic hydroxyl groups excluding tert-OH is 1. The smallest absolute Gasteiger partial charge is 0.332 e. The Morgan fingerprint density at radius 2 is 1.83 bits per heavy atom. The molecule has 0 spiro atoms. The first kappa shape index (κ1) is 31.1. The van der Waals surface area contributed by atoms with E-state index in [0.29, 0.717) is 55.3 Å². The van der Waals surface area contributed by atoms with Crippen molar-refractivity contribution < 1.29 is 14.7 Å². The number of aromatic nitrogens is 4. The Balaban J connectivity index is 1.13. The number of nitrogens with zero attached hydrogens (tertiary/aromatic N) is 4. The minimum atomic E-state index is -0.396. The Labute approximate surface area is 244 Å². The summed E-state index contributed by atoms with van der Waals surface area (Å²) in [6, 6.07) is 0.392. The third kappa shape index (κ3) is 8.15. The molecule has 0 bridgehead atoms. The molecule has 228 valence electrons. The van der Waals surface area contributed by atoms with Crippen LogP contribution in [0.3, 0.4) is 0 Å². The number of unbranched alkanes of at least 4 members (excludes halogenated alkanes) is 5. The van der Waals surface area contributed by atoms with Gasteiger partial charge in [0.05, 0.1) is 24.5 Å². The van der Waals surface area contributed by atoms with Gasteiger partial charge in [-0.2, -0.15) is 11.8 Å². The summed E-state index contributed by atoms with van der Waals surface area (Å²) in [5, 5.41) is 18.9. The van der Waals surface area contributed by atoms with E-state index in [1.807, 2.05) is 11.8 Å². The highest BCUT2D eigenvalue weighted by Gasteiger charge is 2.42. The van der Waals surface area contributed by atoms with Crippen LogP contribution in [-0.2, 0) is 24.9 Å². The Morgan fingerprint density at radius 1 is 1.07 bits per heavy atom. The standard InChI is InChI=1S/C28H45N7O5S/c1-19(36)11-7-10-16-35-26(38)24-25(30-18-33(24)2)34(28(35)40)15-9-4-3-8-14-29-22(37)13-6-5-12-21-23-20(17-41-21)31-27(39)32-23/h18-21,23,36H,3-17H2,1-2H3,(H,29,37)(H2,31,32,39). The van der Waals surface area contributed by atoms with Crippen LogP contribution in [-0.4, -0.2) is 71.5 Å². The van der Waals surface area contributed by atoms with Crippen molar-refractivity contribution in [3.63, 3.8) is 0 Å². The summed E-state index contributed by atoms with van der Waals surface area (Å²) in [5.41, 5.74) is 0.198. The van der Waals surface area contributed by atoms with Crippen molar-refractivity contribution in [3.8, 4) is 0 Å². The van der Waals surface area contributed by atoms with Crippen LogP contribution in [0.25, 0.3) is 11.2 Å². The number of amides is 3. The second-order valence-corrected chi connectivity index (χ2v) is 12.7. The molecule has 12 nitrogen and oxygen atoms in total. The molecule has 4 N–H and O–H groups in total. The summed E-state index contributed by atoms with van der Waals surface area (Å²) in [6.45, 7) is 3.17. The van der Waals surface area contributed by atoms with Crippen molar-refractivity contribution in [1.29, 1.82) is 0 Å². The molecule has 2 fully saturated rings. The van der Waals surface area contributed by atoms with Crippen LogP contribution in [0, 0.1) is 0 Å². The highest BCUT2D eigenvalue weighted by Crippen LogP contribution is 2.33. The average molecular weight is 592 g/mol. The number of fused-ring (bicyclic) bond motifs is 2. The number of hydrogen-bond acceptors (Lipinski definition) is 7. The van der Waals surface area contributed by atoms with Gasteiger partial charge in [-0.05, 0) is 51.9 Å². The van der Waals surface area contributed by atoms with Crippen LogP contribution in [0.15, 0.2) is 15.9 Å². The lowest BCUT2D eigenvalue weighted by Gasteiger charge is -2.16. The van der Waals surface area contributed by atoms with E-state index in [2.05, 4.69) is 20.9 Å². The largest absolute Gasteiger partial charge is 0.393 e. The van der Waals surface area contributed by atoms with E-state index >= 15 is 0 Å². The first-order chi connectivity index (χ1) is 19.8. The van der Waals surface area contributed by atoms with Gasteiger partial charge < -0.3 is 25.6 Å². The molecule has 0 aromatic carbocycles. The summed E-state index contributed by atoms with van der Waals surface area (Å²) in [6.07, 6.45) is 10.0. The van der Waals surface area contributed by atoms with Gasteiger partial charge in [-0.1, -0.05) is 19.3 Å². The monoisotopic (exact) mass is 591 g/mol. The molecule has 4 rings (SSSR count). The van der Waals surface area contributed by atoms with Gasteiger partial charge in [-0.3, -0.25) is 18.7 Å². The maximum absolute atomic E-state index is 13.2. The van der Waals surface area contributed by atoms with E-state index in [0.717, 1.165) is 57.1 Å². The molecule has 0 radical (unpaired) electrons. The number of carbonyl (C=O) groups is 2. The maximum Gasteiger partial charge on any atom is 0.332 e. The Kier molecular flexibility index (Phi) is 11.3. The topological polar surface area (TPSA) is 152 Å². The van der Waals surface area contributed by atoms with Gasteiger partial charge in [0.15, 0.2) is 11.2 Å². The first-order valence-electron chi connectivity index (χ1n) is 15.0. The molecule has 2 aliphatic heterocycles. The second-order valence-electron chi connectivity index (χ2n) is 11.4. The number of hydrogen-bond donors (Lipinski definition) is 4. The van der Waals surface area contributed by atoms with Crippen molar-refractivity contribution in [1.82, 2.24) is 34.6 Å². The number of carbonyl (C=O) groups excluding carboxylic acids is 2. The average Bonchev–Trinajstić information content (AvgIpc) is 3.61. The second kappa shape index (κ2) is 14.9. The number of urea groups is 1. The highest BCUT2D eigenvalue weighted by molar-refractivity contribution is 8.00. The molecule has 2 aromatic rings. The van der Waals surface area contributed by atoms with Crippen LogP contribution in [0.4, 0.5) is 4.79 Å². The van der Waals surface area contributed by atoms with Gasteiger partial charge in [0, 0.05) is 44.1 Å². The third-order valence-electron chi connectivity index (χ3n) is 8.05. The molecule has 0 saturated carbocycles. The normalized spacial score (nSPS) is 20.7. The lowest BCUT2D eigenvalue weighted by atomic mass is 10.0. The lowest BCUT2D eigenvalue weighted by molar-refractivity contribution is -0.121. The predicted molar refractivity (Wildman–Crippen MR) is 160 cm³/mol. The molecule has 41 heavy (non-hydrogen) atoms. The molecular formula is C28H45N7O5S. The van der Waals surface area contributed by atoms with Gasteiger partial charge in [0.25, 0.3) is 5.56 Å². The summed E-state index contributed by atoms with van der Waals surface area (Å²) < 4.78 is 4.57. The quantitative estimate of drug-likeness (QED) is 0.162. The van der Waals surface area contributed by atoms with E-state index in [-0.39, 0.29) is 35.3 Å². The molecule has 4 unspecified atom stereocenters. The molecule has 2 saturated heterocycles. The van der Waals surface area contributed by atoms with E-state index in [1.54, 1.807) is 29.4 Å². The van der Waals surface area contributed by atoms with Crippen molar-refractivity contribution in [3.05, 3.63) is 27.2 Å². The molecule has 2 aliphatic rings. The van der Waals surface area contributed by atoms with Gasteiger partial charge in [0.1, 0.15) is 0 Å². The van der Waals surface area contributed by atoms with Crippen LogP contribution in [0.1, 0.15) is 77.6 Å². The third-order valence-corrected chi connectivity index (χ3v) is 9.56. The summed E-state index contributed by atoms with van der Waals surface area (Å²) in [4.78, 5) is 54.2. The van der Waals surface area contributed by atoms with Crippen LogP contribution < -0.4 is 27.2 Å². The van der Waals surface area contributed by atoms with Gasteiger partial charge in [-0.15, -0.1) is 0 Å². The van der Waals surface area contributed by atoms with Crippen LogP contribution in [0.5, 0.6) is 0 Å². The number of aliphatic hydroxyl groups is 1. The Hall–Kier alpha value is -2.80. The Morgan fingerprint density at radius 3 is 2.63 bits per heavy atom. The number of rotatable bonds is 17. The van der Waals surface area contributed by atoms with Crippen LogP contribution >= 0.6 is 11.8 Å². The van der Waals surface area contributed by atoms with Gasteiger partial charge >= 0.3 is 11.7 Å². The first-order valence-corrected chi connectivity index (χ1v) is 16.1. The predicted octanol–water partition coefficient (Wildman–Crippen LogP) is 1.85. The minimum Gasteiger partial charge on any atom is -0.393 e. The zero-order valence-corrected chi connectivity index (χ0v) is 25.1. The molecule has 4 atom stereocenters. The minimum absolute atomic E-state index is 0.0638. The summed E-state index contributed by atoms with van der Waals surface area (Å²) >= 11 is 1.90. The molecule has 4 heterocycles. The molecule has 3 amide bonds. The van der Waals surface area contributed by atoms with Gasteiger partial charge in [0.2, 0.25) is 5.91 Å². The summed E-state index contributed by atoms with van der Waals surface area (Å²) in [5.74, 6) is 1.04. The zero-order valence-electron chi connectivity index (χ0n) is 24.3. The van der Waals surface area contributed by atoms with Gasteiger partial charge in [-0.25, -0.2) is 14.6 Å². The SMILES string of the molecule is CC(O)CCCCn1c(=O)c2c(ncn2C)n(CCCCCCNC(=O)CCCCC2SCC3NC(=O)NC32)c1=O. The van der Waals surface area contributed by atoms with Crippen molar-refractivity contribution in [2.45, 2.75) is 114 Å². The fourth-order valence-electron chi connectivity index (χ4n) is 5.76. The van der Waals surface area contributed by atoms with E-state index in [9.17, 15) is 24.3 Å². The number of aryl methyl sites for hydroxylation is 2. The van der Waals surface area contributed by atoms with Crippen molar-refractivity contribution >= 4 is 34.9 Å². The maximum atomic E-state index is 13.2. The van der Waals surface area contributed by atoms with Crippen LogP contribution in [0.2, 0.25) is 0 Å². The van der Waals surface area contributed by atoms with E-state index < -0.39 is 6.10 Å².